The Balaban J connectivity index is 2.23. The Kier molecular flexibility index (Phi) is 3.55. The van der Waals surface area contributed by atoms with E-state index in [1.165, 1.54) is 24.5 Å². The highest BCUT2D eigenvalue weighted by molar-refractivity contribution is 5.39. The molecule has 0 amide bonds. The Labute approximate surface area is 107 Å². The first kappa shape index (κ1) is 13.1. The molecule has 2 aromatic rings. The molecule has 1 aromatic heterocycles. The Bertz CT molecular complexity index is 572. The molecule has 1 N–H and O–H groups in total. The molecule has 0 aliphatic carbocycles. The van der Waals surface area contributed by atoms with Gasteiger partial charge < -0.3 is 10.1 Å². The second-order valence-corrected chi connectivity index (χ2v) is 3.62. The van der Waals surface area contributed by atoms with Crippen LogP contribution in [0.4, 0.5) is 19.0 Å². The van der Waals surface area contributed by atoms with Gasteiger partial charge in [-0.15, -0.1) is 0 Å². The molecule has 0 radical (unpaired) electrons. The minimum absolute atomic E-state index is 0.0654. The van der Waals surface area contributed by atoms with Crippen LogP contribution in [0.5, 0.6) is 11.6 Å². The van der Waals surface area contributed by atoms with E-state index in [-0.39, 0.29) is 11.6 Å². The van der Waals surface area contributed by atoms with Crippen LogP contribution in [-0.4, -0.2) is 17.0 Å². The van der Waals surface area contributed by atoms with Gasteiger partial charge in [0.25, 0.3) is 0 Å². The number of anilines is 1. The van der Waals surface area contributed by atoms with E-state index in [4.69, 9.17) is 4.74 Å². The van der Waals surface area contributed by atoms with Gasteiger partial charge in [-0.05, 0) is 18.2 Å². The Morgan fingerprint density at radius 1 is 1.16 bits per heavy atom. The van der Waals surface area contributed by atoms with Crippen molar-refractivity contribution in [3.63, 3.8) is 0 Å². The van der Waals surface area contributed by atoms with Gasteiger partial charge in [-0.25, -0.2) is 9.97 Å². The number of benzene rings is 1. The lowest BCUT2D eigenvalue weighted by molar-refractivity contribution is -0.137. The third kappa shape index (κ3) is 3.34. The van der Waals surface area contributed by atoms with Crippen molar-refractivity contribution >= 4 is 5.82 Å². The van der Waals surface area contributed by atoms with Gasteiger partial charge in [0.1, 0.15) is 17.9 Å². The van der Waals surface area contributed by atoms with Crippen LogP contribution >= 0.6 is 0 Å². The van der Waals surface area contributed by atoms with Crippen LogP contribution in [0.3, 0.4) is 0 Å². The third-order valence-corrected chi connectivity index (χ3v) is 2.28. The molecule has 0 aliphatic heterocycles. The molecule has 0 saturated heterocycles. The quantitative estimate of drug-likeness (QED) is 0.928. The fourth-order valence-electron chi connectivity index (χ4n) is 1.39. The fraction of sp³-hybridized carbons (Fsp3) is 0.167. The summed E-state index contributed by atoms with van der Waals surface area (Å²) >= 11 is 0. The Hall–Kier alpha value is -2.31. The van der Waals surface area contributed by atoms with Crippen molar-refractivity contribution in [3.05, 3.63) is 42.2 Å². The molecular weight excluding hydrogens is 259 g/mol. The topological polar surface area (TPSA) is 47.0 Å². The first-order valence-electron chi connectivity index (χ1n) is 5.34. The molecule has 1 aromatic carbocycles. The number of hydrogen-bond donors (Lipinski definition) is 1. The number of rotatable bonds is 3. The molecule has 2 rings (SSSR count). The molecule has 0 saturated carbocycles. The summed E-state index contributed by atoms with van der Waals surface area (Å²) in [5, 5.41) is 2.78. The number of hydrogen-bond acceptors (Lipinski definition) is 4. The van der Waals surface area contributed by atoms with Gasteiger partial charge >= 0.3 is 6.18 Å². The van der Waals surface area contributed by atoms with Crippen LogP contribution in [0.1, 0.15) is 5.56 Å². The SMILES string of the molecule is CNc1cc(Oc2cccc(C(F)(F)F)c2)ncn1. The summed E-state index contributed by atoms with van der Waals surface area (Å²) in [4.78, 5) is 7.69. The van der Waals surface area contributed by atoms with Crippen molar-refractivity contribution in [2.75, 3.05) is 12.4 Å². The van der Waals surface area contributed by atoms with E-state index < -0.39 is 11.7 Å². The zero-order valence-electron chi connectivity index (χ0n) is 9.90. The summed E-state index contributed by atoms with van der Waals surface area (Å²) in [6, 6.07) is 6.09. The Morgan fingerprint density at radius 2 is 1.95 bits per heavy atom. The summed E-state index contributed by atoms with van der Waals surface area (Å²) in [7, 11) is 1.66. The standard InChI is InChI=1S/C12H10F3N3O/c1-16-10-6-11(18-7-17-10)19-9-4-2-3-8(5-9)12(13,14)15/h2-7H,1H3,(H,16,17,18). The second-order valence-electron chi connectivity index (χ2n) is 3.62. The van der Waals surface area contributed by atoms with Gasteiger partial charge in [-0.3, -0.25) is 0 Å². The summed E-state index contributed by atoms with van der Waals surface area (Å²) < 4.78 is 42.9. The predicted octanol–water partition coefficient (Wildman–Crippen LogP) is 3.33. The lowest BCUT2D eigenvalue weighted by Crippen LogP contribution is -2.04. The summed E-state index contributed by atoms with van der Waals surface area (Å²) in [6.07, 6.45) is -3.14. The summed E-state index contributed by atoms with van der Waals surface area (Å²) in [5.41, 5.74) is -0.770. The first-order valence-corrected chi connectivity index (χ1v) is 5.34. The molecule has 0 spiro atoms. The monoisotopic (exact) mass is 269 g/mol. The molecule has 0 bridgehead atoms. The molecule has 0 fully saturated rings. The molecule has 7 heteroatoms. The highest BCUT2D eigenvalue weighted by Gasteiger charge is 2.30. The fourth-order valence-corrected chi connectivity index (χ4v) is 1.39. The molecule has 19 heavy (non-hydrogen) atoms. The first-order chi connectivity index (χ1) is 8.99. The van der Waals surface area contributed by atoms with Gasteiger partial charge in [0.05, 0.1) is 5.56 Å². The number of nitrogens with zero attached hydrogens (tertiary/aromatic N) is 2. The van der Waals surface area contributed by atoms with Crippen LogP contribution < -0.4 is 10.1 Å². The minimum atomic E-state index is -4.40. The van der Waals surface area contributed by atoms with Crippen molar-refractivity contribution in [2.24, 2.45) is 0 Å². The molecule has 1 heterocycles. The van der Waals surface area contributed by atoms with Crippen molar-refractivity contribution < 1.29 is 17.9 Å². The average Bonchev–Trinajstić information content (AvgIpc) is 2.38. The van der Waals surface area contributed by atoms with E-state index in [1.807, 2.05) is 0 Å². The zero-order chi connectivity index (χ0) is 13.9. The van der Waals surface area contributed by atoms with E-state index in [9.17, 15) is 13.2 Å². The summed E-state index contributed by atoms with van der Waals surface area (Å²) in [6.45, 7) is 0. The molecule has 4 nitrogen and oxygen atoms in total. The number of halogens is 3. The maximum atomic E-state index is 12.5. The van der Waals surface area contributed by atoms with E-state index in [1.54, 1.807) is 7.05 Å². The zero-order valence-corrected chi connectivity index (χ0v) is 9.90. The smallest absolute Gasteiger partial charge is 0.416 e. The van der Waals surface area contributed by atoms with Crippen molar-refractivity contribution in [3.8, 4) is 11.6 Å². The third-order valence-electron chi connectivity index (χ3n) is 2.28. The van der Waals surface area contributed by atoms with E-state index in [0.29, 0.717) is 5.82 Å². The van der Waals surface area contributed by atoms with E-state index >= 15 is 0 Å². The van der Waals surface area contributed by atoms with Gasteiger partial charge in [-0.1, -0.05) is 6.07 Å². The van der Waals surface area contributed by atoms with Crippen LogP contribution in [-0.2, 0) is 6.18 Å². The normalized spacial score (nSPS) is 11.2. The lowest BCUT2D eigenvalue weighted by Gasteiger charge is -2.09. The summed E-state index contributed by atoms with van der Waals surface area (Å²) in [5.74, 6) is 0.742. The number of nitrogens with one attached hydrogen (secondary N) is 1. The van der Waals surface area contributed by atoms with Gasteiger partial charge in [0.15, 0.2) is 0 Å². The van der Waals surface area contributed by atoms with E-state index in [2.05, 4.69) is 15.3 Å². The maximum Gasteiger partial charge on any atom is 0.416 e. The molecule has 0 atom stereocenters. The van der Waals surface area contributed by atoms with Crippen LogP contribution in [0, 0.1) is 0 Å². The van der Waals surface area contributed by atoms with Gasteiger partial charge in [-0.2, -0.15) is 13.2 Å². The van der Waals surface area contributed by atoms with E-state index in [0.717, 1.165) is 12.1 Å². The predicted molar refractivity (Wildman–Crippen MR) is 63.1 cm³/mol. The number of ether oxygens (including phenoxy) is 1. The number of alkyl halides is 3. The largest absolute Gasteiger partial charge is 0.439 e. The number of aromatic nitrogens is 2. The maximum absolute atomic E-state index is 12.5. The minimum Gasteiger partial charge on any atom is -0.439 e. The van der Waals surface area contributed by atoms with Crippen molar-refractivity contribution in [1.29, 1.82) is 0 Å². The van der Waals surface area contributed by atoms with Crippen molar-refractivity contribution in [1.82, 2.24) is 9.97 Å². The average molecular weight is 269 g/mol. The van der Waals surface area contributed by atoms with Crippen LogP contribution in [0.25, 0.3) is 0 Å². The molecule has 0 unspecified atom stereocenters. The second kappa shape index (κ2) is 5.13. The molecular formula is C12H10F3N3O. The molecule has 100 valence electrons. The highest BCUT2D eigenvalue weighted by Crippen LogP contribution is 2.32. The van der Waals surface area contributed by atoms with Crippen LogP contribution in [0.2, 0.25) is 0 Å². The Morgan fingerprint density at radius 3 is 2.63 bits per heavy atom. The van der Waals surface area contributed by atoms with Gasteiger partial charge in [0.2, 0.25) is 5.88 Å². The molecule has 0 aliphatic rings. The van der Waals surface area contributed by atoms with Crippen molar-refractivity contribution in [2.45, 2.75) is 6.18 Å². The highest BCUT2D eigenvalue weighted by atomic mass is 19.4. The lowest BCUT2D eigenvalue weighted by atomic mass is 10.2. The van der Waals surface area contributed by atoms with Crippen LogP contribution in [0.15, 0.2) is 36.7 Å². The van der Waals surface area contributed by atoms with Gasteiger partial charge in [0, 0.05) is 13.1 Å².